The molecule has 3 aromatic rings. The second kappa shape index (κ2) is 7.55. The Balaban J connectivity index is 1.89. The van der Waals surface area contributed by atoms with Crippen molar-refractivity contribution in [3.63, 3.8) is 0 Å². The van der Waals surface area contributed by atoms with E-state index in [1.807, 2.05) is 0 Å². The highest BCUT2D eigenvalue weighted by molar-refractivity contribution is 7.92. The lowest BCUT2D eigenvalue weighted by Gasteiger charge is -2.13. The zero-order chi connectivity index (χ0) is 19.4. The fraction of sp³-hybridized carbons (Fsp3) is 0.0526. The SMILES string of the molecule is Cc1cc(S(=O)(=O)Nc2ccccc2C(=O)Nc2ccncc2)ccc1F. The number of halogens is 1. The fourth-order valence-electron chi connectivity index (χ4n) is 2.39. The number of carbonyl (C=O) groups excluding carboxylic acids is 1. The average Bonchev–Trinajstić information content (AvgIpc) is 2.65. The van der Waals surface area contributed by atoms with E-state index in [0.29, 0.717) is 5.69 Å². The molecule has 0 fully saturated rings. The number of benzene rings is 2. The van der Waals surface area contributed by atoms with Crippen LogP contribution in [0, 0.1) is 12.7 Å². The quantitative estimate of drug-likeness (QED) is 0.703. The zero-order valence-electron chi connectivity index (χ0n) is 14.3. The molecule has 3 rings (SSSR count). The van der Waals surface area contributed by atoms with Crippen LogP contribution >= 0.6 is 0 Å². The van der Waals surface area contributed by atoms with Crippen molar-refractivity contribution in [1.82, 2.24) is 4.98 Å². The molecule has 6 nitrogen and oxygen atoms in total. The van der Waals surface area contributed by atoms with Gasteiger partial charge in [0.1, 0.15) is 5.82 Å². The maximum absolute atomic E-state index is 13.4. The Morgan fingerprint density at radius 1 is 1.04 bits per heavy atom. The van der Waals surface area contributed by atoms with Gasteiger partial charge < -0.3 is 5.32 Å². The van der Waals surface area contributed by atoms with E-state index in [9.17, 15) is 17.6 Å². The van der Waals surface area contributed by atoms with Crippen molar-refractivity contribution < 1.29 is 17.6 Å². The zero-order valence-corrected chi connectivity index (χ0v) is 15.1. The molecule has 2 N–H and O–H groups in total. The van der Waals surface area contributed by atoms with Crippen molar-refractivity contribution in [3.8, 4) is 0 Å². The average molecular weight is 385 g/mol. The first-order valence-corrected chi connectivity index (χ1v) is 9.44. The molecular formula is C19H16FN3O3S. The van der Waals surface area contributed by atoms with Gasteiger partial charge in [0.05, 0.1) is 16.1 Å². The third kappa shape index (κ3) is 4.29. The van der Waals surface area contributed by atoms with E-state index in [1.54, 1.807) is 24.3 Å². The first-order chi connectivity index (χ1) is 12.9. The number of nitrogens with one attached hydrogen (secondary N) is 2. The summed E-state index contributed by atoms with van der Waals surface area (Å²) in [6, 6.07) is 12.9. The standard InChI is InChI=1S/C19H16FN3O3S/c1-13-12-15(6-7-17(13)20)27(25,26)23-18-5-3-2-4-16(18)19(24)22-14-8-10-21-11-9-14/h2-12,23H,1H3,(H,21,22,24). The molecule has 1 aromatic heterocycles. The Morgan fingerprint density at radius 2 is 1.74 bits per heavy atom. The molecular weight excluding hydrogens is 369 g/mol. The summed E-state index contributed by atoms with van der Waals surface area (Å²) in [5.74, 6) is -0.971. The minimum atomic E-state index is -3.99. The molecule has 8 heteroatoms. The van der Waals surface area contributed by atoms with Crippen LogP contribution in [0.15, 0.2) is 71.9 Å². The van der Waals surface area contributed by atoms with Crippen molar-refractivity contribution in [2.75, 3.05) is 10.0 Å². The normalized spacial score (nSPS) is 11.0. The topological polar surface area (TPSA) is 88.2 Å². The summed E-state index contributed by atoms with van der Waals surface area (Å²) in [5, 5.41) is 2.68. The smallest absolute Gasteiger partial charge is 0.261 e. The van der Waals surface area contributed by atoms with Crippen molar-refractivity contribution in [3.05, 3.63) is 83.9 Å². The number of rotatable bonds is 5. The number of para-hydroxylation sites is 1. The molecule has 0 saturated heterocycles. The van der Waals surface area contributed by atoms with Crippen LogP contribution in [0.3, 0.4) is 0 Å². The molecule has 1 amide bonds. The van der Waals surface area contributed by atoms with Gasteiger partial charge in [-0.2, -0.15) is 0 Å². The maximum atomic E-state index is 13.4. The number of nitrogens with zero attached hydrogens (tertiary/aromatic N) is 1. The van der Waals surface area contributed by atoms with Gasteiger partial charge in [0.2, 0.25) is 0 Å². The lowest BCUT2D eigenvalue weighted by atomic mass is 10.1. The Bertz CT molecular complexity index is 1090. The molecule has 0 atom stereocenters. The van der Waals surface area contributed by atoms with Gasteiger partial charge >= 0.3 is 0 Å². The Labute approximate surface area is 156 Å². The molecule has 0 radical (unpaired) electrons. The number of pyridine rings is 1. The van der Waals surface area contributed by atoms with Crippen molar-refractivity contribution >= 4 is 27.3 Å². The van der Waals surface area contributed by atoms with Gasteiger partial charge in [-0.25, -0.2) is 12.8 Å². The molecule has 0 saturated carbocycles. The van der Waals surface area contributed by atoms with Crippen LogP contribution in [0.25, 0.3) is 0 Å². The highest BCUT2D eigenvalue weighted by atomic mass is 32.2. The van der Waals surface area contributed by atoms with E-state index in [2.05, 4.69) is 15.0 Å². The number of hydrogen-bond donors (Lipinski definition) is 2. The maximum Gasteiger partial charge on any atom is 0.261 e. The van der Waals surface area contributed by atoms with Gasteiger partial charge in [-0.1, -0.05) is 12.1 Å². The molecule has 0 aliphatic rings. The summed E-state index contributed by atoms with van der Waals surface area (Å²) in [7, 11) is -3.99. The number of aryl methyl sites for hydroxylation is 1. The molecule has 138 valence electrons. The molecule has 2 aromatic carbocycles. The first-order valence-electron chi connectivity index (χ1n) is 7.96. The van der Waals surface area contributed by atoms with E-state index in [-0.39, 0.29) is 21.7 Å². The van der Waals surface area contributed by atoms with E-state index in [0.717, 1.165) is 6.07 Å². The Hall–Kier alpha value is -3.26. The van der Waals surface area contributed by atoms with Crippen LogP contribution in [0.1, 0.15) is 15.9 Å². The second-order valence-electron chi connectivity index (χ2n) is 5.75. The summed E-state index contributed by atoms with van der Waals surface area (Å²) in [6.45, 7) is 1.48. The number of amides is 1. The summed E-state index contributed by atoms with van der Waals surface area (Å²) < 4.78 is 41.1. The van der Waals surface area contributed by atoms with Gasteiger partial charge in [-0.15, -0.1) is 0 Å². The monoisotopic (exact) mass is 385 g/mol. The van der Waals surface area contributed by atoms with E-state index in [1.165, 1.54) is 43.6 Å². The lowest BCUT2D eigenvalue weighted by molar-refractivity contribution is 0.102. The predicted octanol–water partition coefficient (Wildman–Crippen LogP) is 3.58. The molecule has 0 unspecified atom stereocenters. The highest BCUT2D eigenvalue weighted by Gasteiger charge is 2.19. The number of sulfonamides is 1. The van der Waals surface area contributed by atoms with E-state index < -0.39 is 21.7 Å². The molecule has 0 bridgehead atoms. The van der Waals surface area contributed by atoms with Gasteiger partial charge in [0, 0.05) is 18.1 Å². The van der Waals surface area contributed by atoms with E-state index in [4.69, 9.17) is 0 Å². The minimum Gasteiger partial charge on any atom is -0.322 e. The Kier molecular flexibility index (Phi) is 5.18. The summed E-state index contributed by atoms with van der Waals surface area (Å²) in [4.78, 5) is 16.3. The lowest BCUT2D eigenvalue weighted by Crippen LogP contribution is -2.18. The van der Waals surface area contributed by atoms with Crippen LogP contribution in [-0.4, -0.2) is 19.3 Å². The number of anilines is 2. The molecule has 1 heterocycles. The fourth-order valence-corrected chi connectivity index (χ4v) is 3.56. The van der Waals surface area contributed by atoms with Gasteiger partial charge in [-0.3, -0.25) is 14.5 Å². The number of hydrogen-bond acceptors (Lipinski definition) is 4. The number of aromatic nitrogens is 1. The van der Waals surface area contributed by atoms with Crippen molar-refractivity contribution in [1.29, 1.82) is 0 Å². The van der Waals surface area contributed by atoms with Crippen LogP contribution in [0.2, 0.25) is 0 Å². The van der Waals surface area contributed by atoms with Crippen LogP contribution in [0.5, 0.6) is 0 Å². The van der Waals surface area contributed by atoms with Gasteiger partial charge in [0.15, 0.2) is 0 Å². The van der Waals surface area contributed by atoms with Crippen molar-refractivity contribution in [2.45, 2.75) is 11.8 Å². The minimum absolute atomic E-state index is 0.0919. The summed E-state index contributed by atoms with van der Waals surface area (Å²) in [6.07, 6.45) is 3.06. The number of carbonyl (C=O) groups is 1. The van der Waals surface area contributed by atoms with Crippen LogP contribution in [0.4, 0.5) is 15.8 Å². The first kappa shape index (κ1) is 18.5. The molecule has 0 aliphatic heterocycles. The van der Waals surface area contributed by atoms with Crippen LogP contribution < -0.4 is 10.0 Å². The third-order valence-electron chi connectivity index (χ3n) is 3.79. The van der Waals surface area contributed by atoms with Gasteiger partial charge in [0.25, 0.3) is 15.9 Å². The largest absolute Gasteiger partial charge is 0.322 e. The third-order valence-corrected chi connectivity index (χ3v) is 5.16. The Morgan fingerprint density at radius 3 is 2.44 bits per heavy atom. The predicted molar refractivity (Wildman–Crippen MR) is 101 cm³/mol. The molecule has 27 heavy (non-hydrogen) atoms. The van der Waals surface area contributed by atoms with Gasteiger partial charge in [-0.05, 0) is 55.0 Å². The molecule has 0 aliphatic carbocycles. The molecule has 0 spiro atoms. The summed E-state index contributed by atoms with van der Waals surface area (Å²) in [5.41, 5.74) is 1.01. The van der Waals surface area contributed by atoms with E-state index >= 15 is 0 Å². The van der Waals surface area contributed by atoms with Crippen molar-refractivity contribution in [2.24, 2.45) is 0 Å². The van der Waals surface area contributed by atoms with Crippen LogP contribution in [-0.2, 0) is 10.0 Å². The highest BCUT2D eigenvalue weighted by Crippen LogP contribution is 2.22. The second-order valence-corrected chi connectivity index (χ2v) is 7.43. The summed E-state index contributed by atoms with van der Waals surface area (Å²) >= 11 is 0.